The highest BCUT2D eigenvalue weighted by Crippen LogP contribution is 2.42. The van der Waals surface area contributed by atoms with Gasteiger partial charge in [0.2, 0.25) is 0 Å². The maximum atomic E-state index is 9.50. The van der Waals surface area contributed by atoms with Gasteiger partial charge in [0.15, 0.2) is 0 Å². The number of hydrogen-bond donors (Lipinski definition) is 1. The van der Waals surface area contributed by atoms with Crippen LogP contribution in [-0.2, 0) is 0 Å². The predicted molar refractivity (Wildman–Crippen MR) is 109 cm³/mol. The van der Waals surface area contributed by atoms with Crippen molar-refractivity contribution in [3.63, 3.8) is 0 Å². The summed E-state index contributed by atoms with van der Waals surface area (Å²) in [6.07, 6.45) is 6.01. The Hall–Kier alpha value is -1.98. The zero-order valence-corrected chi connectivity index (χ0v) is 16.2. The first-order valence-electron chi connectivity index (χ1n) is 9.37. The topological polar surface area (TPSA) is 49.2 Å². The van der Waals surface area contributed by atoms with E-state index in [0.717, 1.165) is 30.0 Å². The molecule has 1 aliphatic heterocycles. The van der Waals surface area contributed by atoms with Gasteiger partial charge in [-0.3, -0.25) is 0 Å². The lowest BCUT2D eigenvalue weighted by Crippen LogP contribution is -2.40. The second kappa shape index (κ2) is 7.33. The molecule has 1 saturated heterocycles. The van der Waals surface area contributed by atoms with E-state index < -0.39 is 0 Å². The van der Waals surface area contributed by atoms with Crippen molar-refractivity contribution in [2.24, 2.45) is 0 Å². The molecule has 0 amide bonds. The van der Waals surface area contributed by atoms with Crippen LogP contribution in [0.1, 0.15) is 36.1 Å². The Morgan fingerprint density at radius 3 is 2.73 bits per heavy atom. The molecule has 3 heterocycles. The summed E-state index contributed by atoms with van der Waals surface area (Å²) in [5, 5.41) is 10.7. The molecule has 1 N–H and O–H groups in total. The van der Waals surface area contributed by atoms with E-state index in [1.165, 1.54) is 39.8 Å². The quantitative estimate of drug-likeness (QED) is 0.725. The molecule has 0 radical (unpaired) electrons. The zero-order chi connectivity index (χ0) is 18.1. The Morgan fingerprint density at radius 1 is 1.15 bits per heavy atom. The fourth-order valence-electron chi connectivity index (χ4n) is 4.04. The average molecular weight is 368 g/mol. The van der Waals surface area contributed by atoms with Gasteiger partial charge in [-0.15, -0.1) is 11.3 Å². The van der Waals surface area contributed by atoms with E-state index in [-0.39, 0.29) is 6.61 Å². The second-order valence-corrected chi connectivity index (χ2v) is 8.34. The third kappa shape index (κ3) is 3.10. The Balaban J connectivity index is 1.89. The van der Waals surface area contributed by atoms with Crippen molar-refractivity contribution in [2.75, 3.05) is 18.1 Å². The second-order valence-electron chi connectivity index (χ2n) is 7.13. The third-order valence-corrected chi connectivity index (χ3v) is 6.36. The summed E-state index contributed by atoms with van der Waals surface area (Å²) in [6.45, 7) is 5.51. The highest BCUT2D eigenvalue weighted by atomic mass is 32.1. The molecule has 1 fully saturated rings. The van der Waals surface area contributed by atoms with E-state index in [0.29, 0.717) is 6.04 Å². The minimum absolute atomic E-state index is 0.225. The maximum absolute atomic E-state index is 9.50. The number of nitrogens with zero attached hydrogens (tertiary/aromatic N) is 3. The SMILES string of the molecule is Cc1ccc(-c2c(C)sc3ncnc(N4CCCCC4CCO)c23)cc1. The van der Waals surface area contributed by atoms with Crippen LogP contribution in [0.4, 0.5) is 5.82 Å². The Labute approximate surface area is 158 Å². The highest BCUT2D eigenvalue weighted by molar-refractivity contribution is 7.19. The number of benzene rings is 1. The van der Waals surface area contributed by atoms with E-state index in [4.69, 9.17) is 4.98 Å². The lowest BCUT2D eigenvalue weighted by Gasteiger charge is -2.37. The van der Waals surface area contributed by atoms with Crippen molar-refractivity contribution in [3.05, 3.63) is 41.0 Å². The van der Waals surface area contributed by atoms with Crippen molar-refractivity contribution in [1.82, 2.24) is 9.97 Å². The summed E-state index contributed by atoms with van der Waals surface area (Å²) in [4.78, 5) is 14.0. The van der Waals surface area contributed by atoms with E-state index >= 15 is 0 Å². The van der Waals surface area contributed by atoms with Crippen LogP contribution >= 0.6 is 11.3 Å². The van der Waals surface area contributed by atoms with Crippen LogP contribution in [-0.4, -0.2) is 34.3 Å². The Bertz CT molecular complexity index is 902. The lowest BCUT2D eigenvalue weighted by atomic mass is 9.97. The molecule has 0 bridgehead atoms. The van der Waals surface area contributed by atoms with Crippen LogP contribution in [0.5, 0.6) is 0 Å². The molecule has 1 aromatic carbocycles. The zero-order valence-electron chi connectivity index (χ0n) is 15.4. The van der Waals surface area contributed by atoms with Crippen LogP contribution in [0.15, 0.2) is 30.6 Å². The summed E-state index contributed by atoms with van der Waals surface area (Å²) in [5.74, 6) is 1.04. The van der Waals surface area contributed by atoms with E-state index in [9.17, 15) is 5.11 Å². The fourth-order valence-corrected chi connectivity index (χ4v) is 5.05. The Kier molecular flexibility index (Phi) is 4.92. The first-order chi connectivity index (χ1) is 12.7. The summed E-state index contributed by atoms with van der Waals surface area (Å²) < 4.78 is 0. The van der Waals surface area contributed by atoms with Gasteiger partial charge in [0.1, 0.15) is 17.0 Å². The summed E-state index contributed by atoms with van der Waals surface area (Å²) in [5.41, 5.74) is 3.75. The molecule has 136 valence electrons. The number of anilines is 1. The van der Waals surface area contributed by atoms with Gasteiger partial charge in [-0.2, -0.15) is 0 Å². The molecule has 4 nitrogen and oxygen atoms in total. The van der Waals surface area contributed by atoms with Crippen molar-refractivity contribution in [2.45, 2.75) is 45.6 Å². The van der Waals surface area contributed by atoms with Crippen molar-refractivity contribution in [1.29, 1.82) is 0 Å². The van der Waals surface area contributed by atoms with Crippen molar-refractivity contribution >= 4 is 27.4 Å². The number of thiophene rings is 1. The molecule has 1 aliphatic rings. The average Bonchev–Trinajstić information content (AvgIpc) is 2.99. The van der Waals surface area contributed by atoms with Gasteiger partial charge < -0.3 is 10.0 Å². The smallest absolute Gasteiger partial charge is 0.141 e. The molecule has 1 atom stereocenters. The van der Waals surface area contributed by atoms with Crippen LogP contribution in [0, 0.1) is 13.8 Å². The summed E-state index contributed by atoms with van der Waals surface area (Å²) >= 11 is 1.74. The van der Waals surface area contributed by atoms with Gasteiger partial charge in [0.25, 0.3) is 0 Å². The molecule has 2 aromatic heterocycles. The first kappa shape index (κ1) is 17.4. The molecule has 26 heavy (non-hydrogen) atoms. The lowest BCUT2D eigenvalue weighted by molar-refractivity contribution is 0.262. The number of piperidine rings is 1. The third-order valence-electron chi connectivity index (χ3n) is 5.35. The number of aliphatic hydroxyl groups excluding tert-OH is 1. The van der Waals surface area contributed by atoms with Gasteiger partial charge in [-0.1, -0.05) is 29.8 Å². The monoisotopic (exact) mass is 367 g/mol. The van der Waals surface area contributed by atoms with Crippen LogP contribution in [0.3, 0.4) is 0 Å². The highest BCUT2D eigenvalue weighted by Gasteiger charge is 2.27. The molecule has 0 aliphatic carbocycles. The molecule has 1 unspecified atom stereocenters. The standard InChI is InChI=1S/C21H25N3OS/c1-14-6-8-16(9-7-14)18-15(2)26-21-19(18)20(22-13-23-21)24-11-4-3-5-17(24)10-12-25/h6-9,13,17,25H,3-5,10-12H2,1-2H3. The fraction of sp³-hybridized carbons (Fsp3) is 0.429. The van der Waals surface area contributed by atoms with E-state index in [1.54, 1.807) is 17.7 Å². The van der Waals surface area contributed by atoms with Gasteiger partial charge in [-0.25, -0.2) is 9.97 Å². The van der Waals surface area contributed by atoms with E-state index in [1.807, 2.05) is 0 Å². The van der Waals surface area contributed by atoms with Crippen molar-refractivity contribution in [3.8, 4) is 11.1 Å². The number of fused-ring (bicyclic) bond motifs is 1. The summed E-state index contributed by atoms with van der Waals surface area (Å²) in [7, 11) is 0. The normalized spacial score (nSPS) is 17.8. The van der Waals surface area contributed by atoms with Crippen LogP contribution in [0.2, 0.25) is 0 Å². The number of aromatic nitrogens is 2. The van der Waals surface area contributed by atoms with Crippen LogP contribution < -0.4 is 4.90 Å². The molecular formula is C21H25N3OS. The van der Waals surface area contributed by atoms with Gasteiger partial charge in [0.05, 0.1) is 5.39 Å². The Morgan fingerprint density at radius 2 is 1.96 bits per heavy atom. The minimum Gasteiger partial charge on any atom is -0.396 e. The number of aliphatic hydroxyl groups is 1. The molecule has 3 aromatic rings. The first-order valence-corrected chi connectivity index (χ1v) is 10.2. The summed E-state index contributed by atoms with van der Waals surface area (Å²) in [6, 6.07) is 9.08. The molecule has 0 spiro atoms. The number of aryl methyl sites for hydroxylation is 2. The van der Waals surface area contributed by atoms with Gasteiger partial charge in [0, 0.05) is 29.6 Å². The van der Waals surface area contributed by atoms with Crippen molar-refractivity contribution < 1.29 is 5.11 Å². The molecule has 0 saturated carbocycles. The largest absolute Gasteiger partial charge is 0.396 e. The number of rotatable bonds is 4. The van der Waals surface area contributed by atoms with Gasteiger partial charge in [-0.05, 0) is 45.1 Å². The predicted octanol–water partition coefficient (Wildman–Crippen LogP) is 4.72. The van der Waals surface area contributed by atoms with Gasteiger partial charge >= 0.3 is 0 Å². The van der Waals surface area contributed by atoms with Crippen LogP contribution in [0.25, 0.3) is 21.3 Å². The maximum Gasteiger partial charge on any atom is 0.141 e. The minimum atomic E-state index is 0.225. The molecular weight excluding hydrogens is 342 g/mol. The number of hydrogen-bond acceptors (Lipinski definition) is 5. The van der Waals surface area contributed by atoms with E-state index in [2.05, 4.69) is 48.0 Å². The molecule has 4 rings (SSSR count). The molecule has 5 heteroatoms.